The summed E-state index contributed by atoms with van der Waals surface area (Å²) >= 11 is 6.27. The van der Waals surface area contributed by atoms with Gasteiger partial charge in [0, 0.05) is 28.8 Å². The van der Waals surface area contributed by atoms with E-state index in [1.807, 2.05) is 26.0 Å². The molecular weight excluding hydrogens is 446 g/mol. The van der Waals surface area contributed by atoms with Crippen LogP contribution in [0.25, 0.3) is 0 Å². The average molecular weight is 471 g/mol. The number of nitrogens with one attached hydrogen (secondary N) is 2. The fraction of sp³-hybridized carbons (Fsp3) is 0.318. The topological polar surface area (TPSA) is 75.3 Å². The number of anilines is 1. The molecule has 2 aromatic carbocycles. The maximum Gasteiger partial charge on any atom is 0.254 e. The summed E-state index contributed by atoms with van der Waals surface area (Å²) in [5.41, 5.74) is 0.159. The van der Waals surface area contributed by atoms with Gasteiger partial charge in [-0.1, -0.05) is 49.7 Å². The van der Waals surface area contributed by atoms with E-state index in [4.69, 9.17) is 11.6 Å². The van der Waals surface area contributed by atoms with Crippen LogP contribution < -0.4 is 10.6 Å². The molecule has 1 amide bonds. The molecule has 0 bridgehead atoms. The van der Waals surface area contributed by atoms with Crippen molar-refractivity contribution in [2.75, 3.05) is 11.6 Å². The molecule has 0 saturated heterocycles. The lowest BCUT2D eigenvalue weighted by Gasteiger charge is -2.25. The van der Waals surface area contributed by atoms with Crippen LogP contribution in [-0.4, -0.2) is 26.6 Å². The van der Waals surface area contributed by atoms with Gasteiger partial charge >= 0.3 is 0 Å². The standard InChI is InChI=1S/C22H25ClF2N2O3S/c1-13(2)21(15-7-5-6-8-17(15)23)27-20-12-18(24)16(11-19(20)25)22(28)26-14(3)9-10-31(4,29)30/h5-14,21,27H,1-4H3,(H,26,28)/b10-9+/t14-,21-/m1/s1. The Morgan fingerprint density at radius 3 is 2.32 bits per heavy atom. The Hall–Kier alpha value is -2.45. The second-order valence-electron chi connectivity index (χ2n) is 7.62. The average Bonchev–Trinajstić information content (AvgIpc) is 2.66. The molecule has 5 nitrogen and oxygen atoms in total. The van der Waals surface area contributed by atoms with Gasteiger partial charge in [-0.05, 0) is 30.5 Å². The number of carbonyl (C=O) groups is 1. The highest BCUT2D eigenvalue weighted by Crippen LogP contribution is 2.33. The van der Waals surface area contributed by atoms with Gasteiger partial charge in [-0.25, -0.2) is 17.2 Å². The number of hydrogen-bond donors (Lipinski definition) is 2. The molecule has 0 heterocycles. The summed E-state index contributed by atoms with van der Waals surface area (Å²) in [7, 11) is -3.37. The lowest BCUT2D eigenvalue weighted by Crippen LogP contribution is -2.32. The fourth-order valence-electron chi connectivity index (χ4n) is 2.92. The number of amides is 1. The third-order valence-electron chi connectivity index (χ3n) is 4.49. The van der Waals surface area contributed by atoms with Crippen LogP contribution in [0.15, 0.2) is 47.9 Å². The second-order valence-corrected chi connectivity index (χ2v) is 9.96. The highest BCUT2D eigenvalue weighted by Gasteiger charge is 2.22. The van der Waals surface area contributed by atoms with Gasteiger partial charge in [-0.3, -0.25) is 4.79 Å². The molecule has 2 N–H and O–H groups in total. The number of carbonyl (C=O) groups excluding carboxylic acids is 1. The van der Waals surface area contributed by atoms with Crippen LogP contribution in [0, 0.1) is 17.6 Å². The van der Waals surface area contributed by atoms with Crippen molar-refractivity contribution in [3.05, 3.63) is 75.7 Å². The number of benzene rings is 2. The lowest BCUT2D eigenvalue weighted by atomic mass is 9.95. The van der Waals surface area contributed by atoms with E-state index in [9.17, 15) is 22.0 Å². The summed E-state index contributed by atoms with van der Waals surface area (Å²) in [4.78, 5) is 12.3. The normalized spacial score (nSPS) is 13.9. The Bertz CT molecular complexity index is 1090. The van der Waals surface area contributed by atoms with Gasteiger partial charge in [0.1, 0.15) is 11.6 Å². The van der Waals surface area contributed by atoms with E-state index in [-0.39, 0.29) is 17.6 Å². The van der Waals surface area contributed by atoms with Crippen LogP contribution >= 0.6 is 11.6 Å². The van der Waals surface area contributed by atoms with Gasteiger partial charge in [0.15, 0.2) is 9.84 Å². The molecule has 0 radical (unpaired) electrons. The Kier molecular flexibility index (Phi) is 8.20. The van der Waals surface area contributed by atoms with E-state index < -0.39 is 39.0 Å². The summed E-state index contributed by atoms with van der Waals surface area (Å²) in [5.74, 6) is -2.57. The summed E-state index contributed by atoms with van der Waals surface area (Å²) < 4.78 is 51.7. The Morgan fingerprint density at radius 1 is 1.10 bits per heavy atom. The first kappa shape index (κ1) is 24.8. The number of hydrogen-bond acceptors (Lipinski definition) is 4. The first-order valence-corrected chi connectivity index (χ1v) is 11.9. The quantitative estimate of drug-likeness (QED) is 0.562. The minimum atomic E-state index is -3.37. The maximum absolute atomic E-state index is 14.7. The van der Waals surface area contributed by atoms with Crippen LogP contribution in [0.2, 0.25) is 5.02 Å². The van der Waals surface area contributed by atoms with Gasteiger partial charge < -0.3 is 10.6 Å². The molecule has 2 atom stereocenters. The van der Waals surface area contributed by atoms with E-state index in [1.165, 1.54) is 13.0 Å². The predicted octanol–water partition coefficient (Wildman–Crippen LogP) is 5.10. The molecule has 0 unspecified atom stereocenters. The molecule has 0 saturated carbocycles. The zero-order valence-electron chi connectivity index (χ0n) is 17.6. The van der Waals surface area contributed by atoms with Crippen molar-refractivity contribution in [2.45, 2.75) is 32.9 Å². The van der Waals surface area contributed by atoms with Gasteiger partial charge in [0.25, 0.3) is 5.91 Å². The smallest absolute Gasteiger partial charge is 0.254 e. The van der Waals surface area contributed by atoms with Crippen LogP contribution in [0.3, 0.4) is 0 Å². The van der Waals surface area contributed by atoms with Crippen LogP contribution in [-0.2, 0) is 9.84 Å². The number of halogens is 3. The zero-order valence-corrected chi connectivity index (χ0v) is 19.2. The summed E-state index contributed by atoms with van der Waals surface area (Å²) in [6.07, 6.45) is 2.25. The molecule has 0 aromatic heterocycles. The third kappa shape index (κ3) is 7.04. The summed E-state index contributed by atoms with van der Waals surface area (Å²) in [5, 5.41) is 6.83. The van der Waals surface area contributed by atoms with Crippen molar-refractivity contribution >= 4 is 33.0 Å². The van der Waals surface area contributed by atoms with Crippen molar-refractivity contribution in [3.63, 3.8) is 0 Å². The monoisotopic (exact) mass is 470 g/mol. The molecule has 2 rings (SSSR count). The zero-order chi connectivity index (χ0) is 23.3. The number of sulfone groups is 1. The Balaban J connectivity index is 2.26. The molecule has 31 heavy (non-hydrogen) atoms. The molecule has 168 valence electrons. The molecule has 0 aliphatic heterocycles. The first-order chi connectivity index (χ1) is 14.4. The van der Waals surface area contributed by atoms with Crippen molar-refractivity contribution < 1.29 is 22.0 Å². The van der Waals surface area contributed by atoms with Crippen molar-refractivity contribution in [1.82, 2.24) is 5.32 Å². The fourth-order valence-corrected chi connectivity index (χ4v) is 3.70. The highest BCUT2D eigenvalue weighted by molar-refractivity contribution is 7.93. The Labute approximate surface area is 186 Å². The summed E-state index contributed by atoms with van der Waals surface area (Å²) in [6, 6.07) is 7.76. The van der Waals surface area contributed by atoms with Crippen LogP contribution in [0.4, 0.5) is 14.5 Å². The van der Waals surface area contributed by atoms with E-state index >= 15 is 0 Å². The van der Waals surface area contributed by atoms with Crippen molar-refractivity contribution in [2.24, 2.45) is 5.92 Å². The molecule has 0 aliphatic carbocycles. The molecule has 9 heteroatoms. The highest BCUT2D eigenvalue weighted by atomic mass is 35.5. The van der Waals surface area contributed by atoms with E-state index in [1.54, 1.807) is 12.1 Å². The van der Waals surface area contributed by atoms with Crippen LogP contribution in [0.5, 0.6) is 0 Å². The minimum Gasteiger partial charge on any atom is -0.375 e. The van der Waals surface area contributed by atoms with Crippen molar-refractivity contribution in [1.29, 1.82) is 0 Å². The van der Waals surface area contributed by atoms with Gasteiger partial charge in [-0.15, -0.1) is 0 Å². The van der Waals surface area contributed by atoms with E-state index in [0.717, 1.165) is 29.4 Å². The first-order valence-electron chi connectivity index (χ1n) is 9.58. The summed E-state index contributed by atoms with van der Waals surface area (Å²) in [6.45, 7) is 5.35. The lowest BCUT2D eigenvalue weighted by molar-refractivity contribution is 0.0942. The molecule has 0 aliphatic rings. The molecule has 0 fully saturated rings. The molecule has 0 spiro atoms. The van der Waals surface area contributed by atoms with Crippen LogP contribution in [0.1, 0.15) is 42.7 Å². The van der Waals surface area contributed by atoms with Crippen molar-refractivity contribution in [3.8, 4) is 0 Å². The van der Waals surface area contributed by atoms with Gasteiger partial charge in [0.05, 0.1) is 17.3 Å². The Morgan fingerprint density at radius 2 is 1.74 bits per heavy atom. The van der Waals surface area contributed by atoms with Gasteiger partial charge in [-0.2, -0.15) is 0 Å². The predicted molar refractivity (Wildman–Crippen MR) is 120 cm³/mol. The second kappa shape index (κ2) is 10.2. The minimum absolute atomic E-state index is 0.00724. The largest absolute Gasteiger partial charge is 0.375 e. The SMILES string of the molecule is CC(C)[C@@H](Nc1cc(F)c(C(=O)N[C@H](C)/C=C/S(C)(=O)=O)cc1F)c1ccccc1Cl. The molecular formula is C22H25ClF2N2O3S. The third-order valence-corrected chi connectivity index (χ3v) is 5.49. The molecule has 2 aromatic rings. The maximum atomic E-state index is 14.7. The van der Waals surface area contributed by atoms with E-state index in [2.05, 4.69) is 10.6 Å². The number of rotatable bonds is 8. The van der Waals surface area contributed by atoms with E-state index in [0.29, 0.717) is 5.02 Å². The van der Waals surface area contributed by atoms with Gasteiger partial charge in [0.2, 0.25) is 0 Å².